The van der Waals surface area contributed by atoms with Crippen LogP contribution in [-0.2, 0) is 4.79 Å². The average Bonchev–Trinajstić information content (AvgIpc) is 2.41. The molecular weight excluding hydrogens is 258 g/mol. The van der Waals surface area contributed by atoms with Gasteiger partial charge in [0.2, 0.25) is 0 Å². The quantitative estimate of drug-likeness (QED) is 0.672. The first kappa shape index (κ1) is 14.7. The van der Waals surface area contributed by atoms with E-state index in [2.05, 4.69) is 0 Å². The van der Waals surface area contributed by atoms with E-state index in [9.17, 15) is 9.59 Å². The minimum Gasteiger partial charge on any atom is -0.396 e. The summed E-state index contributed by atoms with van der Waals surface area (Å²) in [4.78, 5) is 29.8. The molecule has 1 aromatic carbocycles. The Kier molecular flexibility index (Phi) is 3.92. The van der Waals surface area contributed by atoms with Crippen LogP contribution < -0.4 is 4.84 Å². The van der Waals surface area contributed by atoms with E-state index < -0.39 is 0 Å². The molecule has 1 aromatic rings. The number of quaternary nitrogens is 1. The number of amides is 1. The van der Waals surface area contributed by atoms with Gasteiger partial charge in [-0.05, 0) is 19.4 Å². The summed E-state index contributed by atoms with van der Waals surface area (Å²) in [5.41, 5.74) is 1.37. The Morgan fingerprint density at radius 2 is 2.10 bits per heavy atom. The molecule has 1 unspecified atom stereocenters. The van der Waals surface area contributed by atoms with Crippen molar-refractivity contribution in [3.8, 4) is 5.75 Å². The lowest BCUT2D eigenvalue weighted by molar-refractivity contribution is -0.984. The van der Waals surface area contributed by atoms with Gasteiger partial charge in [-0.3, -0.25) is 4.79 Å². The van der Waals surface area contributed by atoms with Gasteiger partial charge in [0.05, 0.1) is 0 Å². The molecule has 0 aromatic heterocycles. The second kappa shape index (κ2) is 5.34. The largest absolute Gasteiger partial charge is 0.396 e. The summed E-state index contributed by atoms with van der Waals surface area (Å²) < 4.78 is -0.178. The van der Waals surface area contributed by atoms with E-state index in [0.29, 0.717) is 24.2 Å². The third kappa shape index (κ3) is 2.59. The lowest BCUT2D eigenvalue weighted by atomic mass is 9.94. The van der Waals surface area contributed by atoms with Crippen LogP contribution in [-0.4, -0.2) is 42.1 Å². The number of rotatable bonds is 4. The third-order valence-corrected chi connectivity index (χ3v) is 3.59. The average molecular weight is 278 g/mol. The van der Waals surface area contributed by atoms with Crippen LogP contribution in [0.3, 0.4) is 0 Å². The zero-order chi connectivity index (χ0) is 14.9. The maximum absolute atomic E-state index is 12.1. The van der Waals surface area contributed by atoms with Gasteiger partial charge in [-0.1, -0.05) is 16.8 Å². The third-order valence-electron chi connectivity index (χ3n) is 3.59. The molecule has 5 nitrogen and oxygen atoms in total. The zero-order valence-corrected chi connectivity index (χ0v) is 12.0. The fourth-order valence-corrected chi connectivity index (χ4v) is 2.42. The minimum atomic E-state index is -0.254. The summed E-state index contributed by atoms with van der Waals surface area (Å²) in [6, 6.07) is 5.19. The van der Waals surface area contributed by atoms with E-state index in [1.54, 1.807) is 32.3 Å². The molecule has 0 spiro atoms. The SMILES string of the molecule is CC1C(=O)[N+](C)(C)Oc2cc(C(=O)CCCO)ccc21. The monoisotopic (exact) mass is 278 g/mol. The standard InChI is InChI=1S/C15H20NO4/c1-10-12-7-6-11(13(18)5-4-8-17)9-14(12)20-16(2,3)15(10)19/h6-7,9-10,17H,4-5,8H2,1-3H3/q+1. The highest BCUT2D eigenvalue weighted by molar-refractivity contribution is 5.96. The number of carbonyl (C=O) groups is 2. The Balaban J connectivity index is 2.33. The van der Waals surface area contributed by atoms with Crippen LogP contribution in [0.1, 0.15) is 41.6 Å². The molecule has 1 aliphatic rings. The van der Waals surface area contributed by atoms with Crippen LogP contribution in [0, 0.1) is 0 Å². The maximum Gasteiger partial charge on any atom is 0.361 e. The molecule has 0 bridgehead atoms. The number of likely N-dealkylation sites (N-methyl/N-ethyl adjacent to an activating group) is 1. The second-order valence-corrected chi connectivity index (χ2v) is 5.51. The lowest BCUT2D eigenvalue weighted by Gasteiger charge is -2.33. The smallest absolute Gasteiger partial charge is 0.361 e. The van der Waals surface area contributed by atoms with Gasteiger partial charge in [0.15, 0.2) is 11.5 Å². The van der Waals surface area contributed by atoms with Crippen molar-refractivity contribution >= 4 is 11.7 Å². The van der Waals surface area contributed by atoms with Crippen molar-refractivity contribution in [1.82, 2.24) is 0 Å². The number of fused-ring (bicyclic) bond motifs is 1. The van der Waals surface area contributed by atoms with E-state index in [1.165, 1.54) is 0 Å². The Morgan fingerprint density at radius 3 is 2.75 bits per heavy atom. The molecule has 1 aliphatic heterocycles. The highest BCUT2D eigenvalue weighted by Gasteiger charge is 2.42. The first-order valence-electron chi connectivity index (χ1n) is 6.73. The number of nitrogens with zero attached hydrogens (tertiary/aromatic N) is 1. The molecule has 108 valence electrons. The van der Waals surface area contributed by atoms with Gasteiger partial charge >= 0.3 is 5.91 Å². The molecule has 2 rings (SSSR count). The minimum absolute atomic E-state index is 0.00262. The molecule has 0 aliphatic carbocycles. The topological polar surface area (TPSA) is 63.6 Å². The van der Waals surface area contributed by atoms with E-state index >= 15 is 0 Å². The van der Waals surface area contributed by atoms with Crippen LogP contribution in [0.25, 0.3) is 0 Å². The van der Waals surface area contributed by atoms with Gasteiger partial charge in [-0.2, -0.15) is 0 Å². The number of carbonyl (C=O) groups excluding carboxylic acids is 2. The van der Waals surface area contributed by atoms with Gasteiger partial charge in [0, 0.05) is 24.2 Å². The van der Waals surface area contributed by atoms with Crippen molar-refractivity contribution < 1.29 is 24.2 Å². The van der Waals surface area contributed by atoms with Crippen molar-refractivity contribution in [1.29, 1.82) is 0 Å². The Labute approximate surface area is 118 Å². The van der Waals surface area contributed by atoms with Gasteiger partial charge in [0.1, 0.15) is 20.0 Å². The number of benzene rings is 1. The number of hydrogen-bond acceptors (Lipinski definition) is 4. The van der Waals surface area contributed by atoms with Crippen LogP contribution >= 0.6 is 0 Å². The predicted molar refractivity (Wildman–Crippen MR) is 73.3 cm³/mol. The van der Waals surface area contributed by atoms with Crippen LogP contribution in [0.15, 0.2) is 18.2 Å². The van der Waals surface area contributed by atoms with Crippen molar-refractivity contribution in [2.24, 2.45) is 0 Å². The highest BCUT2D eigenvalue weighted by Crippen LogP contribution is 2.36. The van der Waals surface area contributed by atoms with E-state index in [4.69, 9.17) is 9.94 Å². The van der Waals surface area contributed by atoms with Gasteiger partial charge in [-0.25, -0.2) is 4.79 Å². The van der Waals surface area contributed by atoms with E-state index in [0.717, 1.165) is 5.56 Å². The van der Waals surface area contributed by atoms with Crippen molar-refractivity contribution in [3.05, 3.63) is 29.3 Å². The van der Waals surface area contributed by atoms with Crippen LogP contribution in [0.4, 0.5) is 0 Å². The van der Waals surface area contributed by atoms with Crippen molar-refractivity contribution in [2.45, 2.75) is 25.7 Å². The molecule has 0 saturated heterocycles. The van der Waals surface area contributed by atoms with Crippen molar-refractivity contribution in [3.63, 3.8) is 0 Å². The first-order chi connectivity index (χ1) is 9.36. The highest BCUT2D eigenvalue weighted by atomic mass is 16.7. The molecule has 0 fully saturated rings. The normalized spacial score (nSPS) is 20.2. The fraction of sp³-hybridized carbons (Fsp3) is 0.467. The van der Waals surface area contributed by atoms with Crippen LogP contribution in [0.2, 0.25) is 0 Å². The number of aliphatic hydroxyl groups excluding tert-OH is 1. The molecule has 0 saturated carbocycles. The lowest BCUT2D eigenvalue weighted by Crippen LogP contribution is -2.53. The maximum atomic E-state index is 12.1. The zero-order valence-electron chi connectivity index (χ0n) is 12.0. The molecule has 20 heavy (non-hydrogen) atoms. The number of hydroxylamine groups is 3. The van der Waals surface area contributed by atoms with E-state index in [-0.39, 0.29) is 28.9 Å². The summed E-state index contributed by atoms with van der Waals surface area (Å²) in [5.74, 6) is 0.282. The van der Waals surface area contributed by atoms with Gasteiger partial charge < -0.3 is 9.94 Å². The summed E-state index contributed by atoms with van der Waals surface area (Å²) >= 11 is 0. The van der Waals surface area contributed by atoms with Gasteiger partial charge in [-0.15, -0.1) is 0 Å². The second-order valence-electron chi connectivity index (χ2n) is 5.51. The summed E-state index contributed by atoms with van der Waals surface area (Å²) in [7, 11) is 3.37. The molecule has 0 radical (unpaired) electrons. The first-order valence-corrected chi connectivity index (χ1v) is 6.73. The van der Waals surface area contributed by atoms with E-state index in [1.807, 2.05) is 6.92 Å². The number of aliphatic hydroxyl groups is 1. The summed E-state index contributed by atoms with van der Waals surface area (Å²) in [6.45, 7) is 1.85. The Hall–Kier alpha value is -1.72. The molecule has 1 N–H and O–H groups in total. The molecule has 1 heterocycles. The Morgan fingerprint density at radius 1 is 1.40 bits per heavy atom. The van der Waals surface area contributed by atoms with Crippen LogP contribution in [0.5, 0.6) is 5.75 Å². The molecular formula is C15H20NO4+. The fourth-order valence-electron chi connectivity index (χ4n) is 2.42. The summed E-state index contributed by atoms with van der Waals surface area (Å²) in [5, 5.41) is 8.77. The van der Waals surface area contributed by atoms with Crippen molar-refractivity contribution in [2.75, 3.05) is 20.7 Å². The Bertz CT molecular complexity index is 551. The predicted octanol–water partition coefficient (Wildman–Crippen LogP) is 1.66. The molecule has 1 atom stereocenters. The van der Waals surface area contributed by atoms with Gasteiger partial charge in [0.25, 0.3) is 0 Å². The molecule has 1 amide bonds. The summed E-state index contributed by atoms with van der Waals surface area (Å²) in [6.07, 6.45) is 0.759. The number of hydrogen-bond donors (Lipinski definition) is 1. The number of Topliss-reactive ketones (excluding diaryl/α,β-unsaturated/α-hetero) is 1. The number of ketones is 1. The molecule has 5 heteroatoms.